The van der Waals surface area contributed by atoms with Gasteiger partial charge in [0.2, 0.25) is 0 Å². The van der Waals surface area contributed by atoms with Crippen molar-refractivity contribution in [1.29, 1.82) is 0 Å². The highest BCUT2D eigenvalue weighted by Crippen LogP contribution is 2.18. The highest BCUT2D eigenvalue weighted by molar-refractivity contribution is 5.29. The van der Waals surface area contributed by atoms with Crippen molar-refractivity contribution in [3.63, 3.8) is 0 Å². The van der Waals surface area contributed by atoms with Crippen molar-refractivity contribution in [3.8, 4) is 0 Å². The molecule has 156 valence electrons. The zero-order valence-corrected chi connectivity index (χ0v) is 17.4. The third kappa shape index (κ3) is 6.13. The maximum absolute atomic E-state index is 10.4. The van der Waals surface area contributed by atoms with Crippen molar-refractivity contribution in [3.05, 3.63) is 70.8 Å². The molecule has 0 aromatic heterocycles. The number of hydrogen-bond donors (Lipinski definition) is 1. The van der Waals surface area contributed by atoms with Gasteiger partial charge in [0.25, 0.3) is 0 Å². The highest BCUT2D eigenvalue weighted by Gasteiger charge is 2.18. The summed E-state index contributed by atoms with van der Waals surface area (Å²) in [4.78, 5) is 4.87. The molecule has 1 atom stereocenters. The molecule has 2 aliphatic rings. The molecule has 29 heavy (non-hydrogen) atoms. The van der Waals surface area contributed by atoms with Crippen molar-refractivity contribution in [1.82, 2.24) is 9.80 Å². The van der Waals surface area contributed by atoms with Crippen LogP contribution in [0.3, 0.4) is 0 Å². The third-order valence-electron chi connectivity index (χ3n) is 6.14. The Labute approximate surface area is 175 Å². The fraction of sp³-hybridized carbons (Fsp3) is 0.520. The molecule has 0 spiro atoms. The van der Waals surface area contributed by atoms with Crippen LogP contribution in [0, 0.1) is 0 Å². The van der Waals surface area contributed by atoms with Gasteiger partial charge in [-0.1, -0.05) is 55.0 Å². The number of ether oxygens (including phenoxy) is 1. The van der Waals surface area contributed by atoms with Gasteiger partial charge in [0.15, 0.2) is 0 Å². The molecule has 0 saturated carbocycles. The van der Waals surface area contributed by atoms with Gasteiger partial charge >= 0.3 is 0 Å². The molecule has 0 amide bonds. The quantitative estimate of drug-likeness (QED) is 0.742. The molecular formula is C25H34N2O2. The van der Waals surface area contributed by atoms with Gasteiger partial charge in [0.1, 0.15) is 0 Å². The average molecular weight is 395 g/mol. The molecule has 4 heteroatoms. The minimum atomic E-state index is -0.446. The molecule has 1 N–H and O–H groups in total. The first-order chi connectivity index (χ1) is 14.3. The van der Waals surface area contributed by atoms with E-state index in [2.05, 4.69) is 58.3 Å². The predicted octanol–water partition coefficient (Wildman–Crippen LogP) is 3.61. The summed E-state index contributed by atoms with van der Waals surface area (Å²) in [6.07, 6.45) is 4.66. The van der Waals surface area contributed by atoms with Gasteiger partial charge in [0.05, 0.1) is 19.3 Å². The van der Waals surface area contributed by atoms with E-state index in [1.165, 1.54) is 54.6 Å². The summed E-state index contributed by atoms with van der Waals surface area (Å²) in [5.41, 5.74) is 5.38. The molecule has 2 aliphatic heterocycles. The van der Waals surface area contributed by atoms with Gasteiger partial charge in [-0.25, -0.2) is 0 Å². The Kier molecular flexibility index (Phi) is 7.33. The van der Waals surface area contributed by atoms with Crippen LogP contribution in [0.25, 0.3) is 0 Å². The van der Waals surface area contributed by atoms with Crippen molar-refractivity contribution < 1.29 is 9.84 Å². The average Bonchev–Trinajstić information content (AvgIpc) is 2.76. The second-order valence-corrected chi connectivity index (χ2v) is 8.58. The van der Waals surface area contributed by atoms with Crippen LogP contribution in [0.2, 0.25) is 0 Å². The van der Waals surface area contributed by atoms with E-state index < -0.39 is 6.10 Å². The Bertz CT molecular complexity index is 756. The fourth-order valence-electron chi connectivity index (χ4n) is 4.49. The lowest BCUT2D eigenvalue weighted by Gasteiger charge is -2.30. The minimum Gasteiger partial charge on any atom is -0.389 e. The van der Waals surface area contributed by atoms with E-state index in [-0.39, 0.29) is 0 Å². The van der Waals surface area contributed by atoms with Gasteiger partial charge in [-0.3, -0.25) is 9.80 Å². The van der Waals surface area contributed by atoms with Gasteiger partial charge in [-0.15, -0.1) is 0 Å². The van der Waals surface area contributed by atoms with Crippen LogP contribution < -0.4 is 0 Å². The lowest BCUT2D eigenvalue weighted by molar-refractivity contribution is 0.00774. The zero-order valence-electron chi connectivity index (χ0n) is 17.4. The lowest BCUT2D eigenvalue weighted by atomic mass is 10.00. The molecule has 1 saturated heterocycles. The summed E-state index contributed by atoms with van der Waals surface area (Å²) in [7, 11) is 0. The van der Waals surface area contributed by atoms with E-state index >= 15 is 0 Å². The highest BCUT2D eigenvalue weighted by atomic mass is 16.5. The van der Waals surface area contributed by atoms with E-state index in [9.17, 15) is 5.11 Å². The normalized spacial score (nSPS) is 19.1. The molecule has 2 aromatic rings. The molecule has 0 radical (unpaired) electrons. The summed E-state index contributed by atoms with van der Waals surface area (Å²) in [5.74, 6) is 0. The van der Waals surface area contributed by atoms with Gasteiger partial charge in [0, 0.05) is 26.2 Å². The maximum Gasteiger partial charge on any atom is 0.0900 e. The molecule has 2 aromatic carbocycles. The van der Waals surface area contributed by atoms with Gasteiger partial charge < -0.3 is 9.84 Å². The van der Waals surface area contributed by atoms with Crippen molar-refractivity contribution >= 4 is 0 Å². The van der Waals surface area contributed by atoms with Crippen LogP contribution in [-0.4, -0.2) is 53.8 Å². The van der Waals surface area contributed by atoms with E-state index in [1.807, 2.05) is 0 Å². The van der Waals surface area contributed by atoms with E-state index in [4.69, 9.17) is 4.74 Å². The number of piperidine rings is 1. The smallest absolute Gasteiger partial charge is 0.0900 e. The molecule has 4 nitrogen and oxygen atoms in total. The number of hydrogen-bond acceptors (Lipinski definition) is 4. The van der Waals surface area contributed by atoms with Crippen LogP contribution in [0.1, 0.15) is 41.5 Å². The third-order valence-corrected chi connectivity index (χ3v) is 6.14. The number of fused-ring (bicyclic) bond motifs is 1. The summed E-state index contributed by atoms with van der Waals surface area (Å²) in [6, 6.07) is 17.4. The number of aliphatic hydroxyl groups excluding tert-OH is 1. The Morgan fingerprint density at radius 2 is 1.55 bits per heavy atom. The second kappa shape index (κ2) is 10.4. The number of β-amino-alcohol motifs (C(OH)–C–C–N with tert-alkyl or cyclic N) is 1. The lowest BCUT2D eigenvalue weighted by Crippen LogP contribution is -2.38. The van der Waals surface area contributed by atoms with Crippen molar-refractivity contribution in [2.24, 2.45) is 0 Å². The Balaban J connectivity index is 1.16. The van der Waals surface area contributed by atoms with Crippen LogP contribution in [-0.2, 0) is 30.9 Å². The molecule has 1 unspecified atom stereocenters. The van der Waals surface area contributed by atoms with E-state index in [1.54, 1.807) is 0 Å². The number of aliphatic hydroxyl groups is 1. The topological polar surface area (TPSA) is 35.9 Å². The predicted molar refractivity (Wildman–Crippen MR) is 117 cm³/mol. The van der Waals surface area contributed by atoms with Crippen molar-refractivity contribution in [2.45, 2.75) is 51.5 Å². The summed E-state index contributed by atoms with van der Waals surface area (Å²) < 4.78 is 5.80. The first kappa shape index (κ1) is 20.5. The van der Waals surface area contributed by atoms with E-state index in [0.29, 0.717) is 19.8 Å². The van der Waals surface area contributed by atoms with E-state index in [0.717, 1.165) is 26.1 Å². The first-order valence-electron chi connectivity index (χ1n) is 11.1. The Morgan fingerprint density at radius 3 is 2.34 bits per heavy atom. The largest absolute Gasteiger partial charge is 0.389 e. The van der Waals surface area contributed by atoms with Gasteiger partial charge in [-0.05, 0) is 54.6 Å². The first-order valence-corrected chi connectivity index (χ1v) is 11.1. The number of likely N-dealkylation sites (tertiary alicyclic amines) is 1. The van der Waals surface area contributed by atoms with Crippen LogP contribution in [0.4, 0.5) is 0 Å². The maximum atomic E-state index is 10.4. The van der Waals surface area contributed by atoms with Crippen molar-refractivity contribution in [2.75, 3.05) is 32.8 Å². The molecular weight excluding hydrogens is 360 g/mol. The Hall–Kier alpha value is -1.72. The van der Waals surface area contributed by atoms with Gasteiger partial charge in [-0.2, -0.15) is 0 Å². The molecule has 1 fully saturated rings. The zero-order chi connectivity index (χ0) is 19.9. The Morgan fingerprint density at radius 1 is 0.828 bits per heavy atom. The summed E-state index contributed by atoms with van der Waals surface area (Å²) in [6.45, 7) is 7.05. The molecule has 2 heterocycles. The van der Waals surface area contributed by atoms with Crippen LogP contribution >= 0.6 is 0 Å². The summed E-state index contributed by atoms with van der Waals surface area (Å²) in [5, 5.41) is 10.4. The van der Waals surface area contributed by atoms with Crippen LogP contribution in [0.5, 0.6) is 0 Å². The molecule has 0 aliphatic carbocycles. The monoisotopic (exact) mass is 394 g/mol. The minimum absolute atomic E-state index is 0.383. The standard InChI is InChI=1S/C25H34N2O2/c28-25(18-27-15-12-23-6-2-3-7-24(23)17-27)20-29-19-22-10-8-21(9-11-22)16-26-13-4-1-5-14-26/h2-3,6-11,25,28H,1,4-5,12-20H2. The number of nitrogens with zero attached hydrogens (tertiary/aromatic N) is 2. The SMILES string of the molecule is OC(COCc1ccc(CN2CCCCC2)cc1)CN1CCc2ccccc2C1. The summed E-state index contributed by atoms with van der Waals surface area (Å²) >= 11 is 0. The molecule has 4 rings (SSSR count). The van der Waals surface area contributed by atoms with Crippen LogP contribution in [0.15, 0.2) is 48.5 Å². The fourth-order valence-corrected chi connectivity index (χ4v) is 4.49. The second-order valence-electron chi connectivity index (χ2n) is 8.58. The molecule has 0 bridgehead atoms. The number of benzene rings is 2. The number of rotatable bonds is 8.